The highest BCUT2D eigenvalue weighted by molar-refractivity contribution is 7.89. The molecule has 0 aliphatic carbocycles. The number of sulfonamides is 1. The second-order valence-corrected chi connectivity index (χ2v) is 7.90. The molecule has 27 heavy (non-hydrogen) atoms. The number of aromatic nitrogens is 2. The van der Waals surface area contributed by atoms with Crippen molar-refractivity contribution in [2.75, 3.05) is 7.05 Å². The van der Waals surface area contributed by atoms with Crippen LogP contribution in [-0.4, -0.2) is 34.8 Å². The summed E-state index contributed by atoms with van der Waals surface area (Å²) in [6, 6.07) is 12.0. The molecule has 0 radical (unpaired) electrons. The molecular formula is C16H13ClN4O5S. The van der Waals surface area contributed by atoms with Crippen LogP contribution in [-0.2, 0) is 16.6 Å². The number of hydrogen-bond acceptors (Lipinski definition) is 7. The van der Waals surface area contributed by atoms with Crippen LogP contribution in [0.5, 0.6) is 0 Å². The van der Waals surface area contributed by atoms with Gasteiger partial charge in [0.15, 0.2) is 4.90 Å². The molecule has 0 saturated carbocycles. The molecule has 3 rings (SSSR count). The van der Waals surface area contributed by atoms with Crippen LogP contribution in [0.25, 0.3) is 11.4 Å². The molecule has 0 N–H and O–H groups in total. The maximum Gasteiger partial charge on any atom is 0.289 e. The molecule has 140 valence electrons. The molecule has 0 aliphatic heterocycles. The Kier molecular flexibility index (Phi) is 5.22. The van der Waals surface area contributed by atoms with Gasteiger partial charge in [-0.1, -0.05) is 41.0 Å². The van der Waals surface area contributed by atoms with Crippen molar-refractivity contribution in [3.63, 3.8) is 0 Å². The highest BCUT2D eigenvalue weighted by atomic mass is 35.5. The molecule has 0 saturated heterocycles. The SMILES string of the molecule is CN(Cc1nc(-c2ccccc2Cl)no1)S(=O)(=O)c1ccccc1[N+](=O)[O-]. The summed E-state index contributed by atoms with van der Waals surface area (Å²) >= 11 is 6.08. The zero-order valence-corrected chi connectivity index (χ0v) is 15.5. The lowest BCUT2D eigenvalue weighted by molar-refractivity contribution is -0.387. The Bertz CT molecular complexity index is 1100. The van der Waals surface area contributed by atoms with E-state index < -0.39 is 25.5 Å². The van der Waals surface area contributed by atoms with Crippen LogP contribution < -0.4 is 0 Å². The maximum absolute atomic E-state index is 12.7. The van der Waals surface area contributed by atoms with E-state index in [2.05, 4.69) is 10.1 Å². The first-order valence-electron chi connectivity index (χ1n) is 7.58. The van der Waals surface area contributed by atoms with Crippen molar-refractivity contribution in [3.8, 4) is 11.4 Å². The first-order chi connectivity index (χ1) is 12.8. The fraction of sp³-hybridized carbons (Fsp3) is 0.125. The van der Waals surface area contributed by atoms with Crippen LogP contribution in [0, 0.1) is 10.1 Å². The first kappa shape index (κ1) is 19.0. The monoisotopic (exact) mass is 408 g/mol. The largest absolute Gasteiger partial charge is 0.338 e. The predicted molar refractivity (Wildman–Crippen MR) is 96.5 cm³/mol. The summed E-state index contributed by atoms with van der Waals surface area (Å²) in [5, 5.41) is 15.3. The van der Waals surface area contributed by atoms with Crippen molar-refractivity contribution >= 4 is 27.3 Å². The van der Waals surface area contributed by atoms with Crippen LogP contribution in [0.15, 0.2) is 57.9 Å². The molecule has 0 bridgehead atoms. The van der Waals surface area contributed by atoms with Crippen LogP contribution >= 0.6 is 11.6 Å². The quantitative estimate of drug-likeness (QED) is 0.454. The third kappa shape index (κ3) is 3.82. The van der Waals surface area contributed by atoms with Gasteiger partial charge in [-0.25, -0.2) is 8.42 Å². The van der Waals surface area contributed by atoms with E-state index in [1.54, 1.807) is 24.3 Å². The molecule has 0 aliphatic rings. The minimum atomic E-state index is -4.14. The van der Waals surface area contributed by atoms with Gasteiger partial charge in [0, 0.05) is 18.7 Å². The smallest absolute Gasteiger partial charge is 0.289 e. The molecule has 0 atom stereocenters. The normalized spacial score (nSPS) is 11.7. The van der Waals surface area contributed by atoms with Crippen molar-refractivity contribution in [2.45, 2.75) is 11.4 Å². The average Bonchev–Trinajstić information content (AvgIpc) is 3.10. The molecule has 1 aromatic heterocycles. The number of halogens is 1. The Labute approximate surface area is 159 Å². The van der Waals surface area contributed by atoms with Gasteiger partial charge in [-0.3, -0.25) is 10.1 Å². The number of benzene rings is 2. The standard InChI is InChI=1S/C16H13ClN4O5S/c1-20(27(24,25)14-9-5-4-8-13(14)21(22)23)10-15-18-16(19-26-15)11-6-2-3-7-12(11)17/h2-9H,10H2,1H3. The molecule has 3 aromatic rings. The number of nitro groups is 1. The summed E-state index contributed by atoms with van der Waals surface area (Å²) in [6.45, 7) is -0.258. The highest BCUT2D eigenvalue weighted by Crippen LogP contribution is 2.28. The molecule has 9 nitrogen and oxygen atoms in total. The molecule has 2 aromatic carbocycles. The Hall–Kier alpha value is -2.82. The van der Waals surface area contributed by atoms with Crippen molar-refractivity contribution in [1.29, 1.82) is 0 Å². The van der Waals surface area contributed by atoms with E-state index in [0.717, 1.165) is 10.4 Å². The summed E-state index contributed by atoms with van der Waals surface area (Å²) in [5.41, 5.74) is 0.0324. The summed E-state index contributed by atoms with van der Waals surface area (Å²) < 4.78 is 31.4. The van der Waals surface area contributed by atoms with E-state index in [4.69, 9.17) is 16.1 Å². The number of nitro benzene ring substituents is 1. The number of rotatable bonds is 6. The van der Waals surface area contributed by atoms with Crippen LogP contribution in [0.3, 0.4) is 0 Å². The lowest BCUT2D eigenvalue weighted by Gasteiger charge is -2.14. The minimum Gasteiger partial charge on any atom is -0.338 e. The van der Waals surface area contributed by atoms with E-state index in [9.17, 15) is 18.5 Å². The van der Waals surface area contributed by atoms with E-state index >= 15 is 0 Å². The van der Waals surface area contributed by atoms with Crippen LogP contribution in [0.4, 0.5) is 5.69 Å². The fourth-order valence-corrected chi connectivity index (χ4v) is 3.83. The second kappa shape index (κ2) is 7.43. The van der Waals surface area contributed by atoms with E-state index in [1.807, 2.05) is 0 Å². The molecule has 0 spiro atoms. The molecular weight excluding hydrogens is 396 g/mol. The zero-order valence-electron chi connectivity index (χ0n) is 13.9. The van der Waals surface area contributed by atoms with Gasteiger partial charge in [-0.2, -0.15) is 9.29 Å². The number of hydrogen-bond donors (Lipinski definition) is 0. The Morgan fingerprint density at radius 1 is 1.19 bits per heavy atom. The van der Waals surface area contributed by atoms with E-state index in [1.165, 1.54) is 25.2 Å². The van der Waals surface area contributed by atoms with Gasteiger partial charge in [0.2, 0.25) is 21.7 Å². The molecule has 11 heteroatoms. The minimum absolute atomic E-state index is 0.0228. The number of nitrogens with zero attached hydrogens (tertiary/aromatic N) is 4. The van der Waals surface area contributed by atoms with Crippen LogP contribution in [0.1, 0.15) is 5.89 Å². The lowest BCUT2D eigenvalue weighted by Crippen LogP contribution is -2.27. The summed E-state index contributed by atoms with van der Waals surface area (Å²) in [6.07, 6.45) is 0. The van der Waals surface area contributed by atoms with E-state index in [-0.39, 0.29) is 18.3 Å². The van der Waals surface area contributed by atoms with Gasteiger partial charge in [-0.15, -0.1) is 0 Å². The van der Waals surface area contributed by atoms with Crippen molar-refractivity contribution < 1.29 is 17.9 Å². The molecule has 0 fully saturated rings. The van der Waals surface area contributed by atoms with Gasteiger partial charge in [0.25, 0.3) is 5.69 Å². The van der Waals surface area contributed by atoms with Crippen molar-refractivity contribution in [1.82, 2.24) is 14.4 Å². The maximum atomic E-state index is 12.7. The molecule has 0 unspecified atom stereocenters. The third-order valence-corrected chi connectivity index (χ3v) is 5.87. The van der Waals surface area contributed by atoms with Crippen molar-refractivity contribution in [3.05, 3.63) is 69.6 Å². The predicted octanol–water partition coefficient (Wildman–Crippen LogP) is 3.12. The summed E-state index contributed by atoms with van der Waals surface area (Å²) in [5.74, 6) is 0.238. The van der Waals surface area contributed by atoms with Crippen molar-refractivity contribution in [2.24, 2.45) is 0 Å². The van der Waals surface area contributed by atoms with Crippen LogP contribution in [0.2, 0.25) is 5.02 Å². The van der Waals surface area contributed by atoms with Gasteiger partial charge in [0.05, 0.1) is 16.5 Å². The fourth-order valence-electron chi connectivity index (χ4n) is 2.34. The summed E-state index contributed by atoms with van der Waals surface area (Å²) in [7, 11) is -2.87. The van der Waals surface area contributed by atoms with Gasteiger partial charge < -0.3 is 4.52 Å². The Balaban J connectivity index is 1.87. The topological polar surface area (TPSA) is 119 Å². The molecule has 1 heterocycles. The Morgan fingerprint density at radius 2 is 1.85 bits per heavy atom. The second-order valence-electron chi connectivity index (χ2n) is 5.48. The summed E-state index contributed by atoms with van der Waals surface area (Å²) in [4.78, 5) is 14.1. The van der Waals surface area contributed by atoms with Gasteiger partial charge in [0.1, 0.15) is 0 Å². The number of para-hydroxylation sites is 1. The highest BCUT2D eigenvalue weighted by Gasteiger charge is 2.30. The first-order valence-corrected chi connectivity index (χ1v) is 9.40. The van der Waals surface area contributed by atoms with Gasteiger partial charge in [-0.05, 0) is 18.2 Å². The average molecular weight is 409 g/mol. The lowest BCUT2D eigenvalue weighted by atomic mass is 10.2. The van der Waals surface area contributed by atoms with E-state index in [0.29, 0.717) is 10.6 Å². The zero-order chi connectivity index (χ0) is 19.6. The third-order valence-electron chi connectivity index (χ3n) is 3.69. The van der Waals surface area contributed by atoms with Gasteiger partial charge >= 0.3 is 0 Å². The Morgan fingerprint density at radius 3 is 2.56 bits per heavy atom. The molecule has 0 amide bonds.